The third-order valence-corrected chi connectivity index (χ3v) is 5.79. The SMILES string of the molecule is CC(C)(c1ccccc1)c1ccc(OCCC[NH2+]CC[NH+]2CCOCC2)cc1. The first-order valence-electron chi connectivity index (χ1n) is 10.7. The second kappa shape index (κ2) is 10.6. The van der Waals surface area contributed by atoms with E-state index in [9.17, 15) is 0 Å². The molecule has 0 atom stereocenters. The Morgan fingerprint density at radius 2 is 1.61 bits per heavy atom. The average molecular weight is 385 g/mol. The topological polar surface area (TPSA) is 39.5 Å². The van der Waals surface area contributed by atoms with E-state index in [-0.39, 0.29) is 5.41 Å². The lowest BCUT2D eigenvalue weighted by Crippen LogP contribution is -3.16. The molecule has 0 aromatic heterocycles. The van der Waals surface area contributed by atoms with Crippen molar-refractivity contribution in [3.63, 3.8) is 0 Å². The summed E-state index contributed by atoms with van der Waals surface area (Å²) in [7, 11) is 0. The molecule has 4 nitrogen and oxygen atoms in total. The van der Waals surface area contributed by atoms with Gasteiger partial charge < -0.3 is 19.7 Å². The molecule has 152 valence electrons. The second-order valence-electron chi connectivity index (χ2n) is 8.20. The van der Waals surface area contributed by atoms with E-state index in [0.29, 0.717) is 0 Å². The third kappa shape index (κ3) is 6.06. The van der Waals surface area contributed by atoms with Crippen molar-refractivity contribution in [2.75, 3.05) is 52.5 Å². The summed E-state index contributed by atoms with van der Waals surface area (Å²) >= 11 is 0. The standard InChI is InChI=1S/C24H34N2O2/c1-24(2,21-7-4-3-5-8-21)22-9-11-23(12-10-22)28-18-6-13-25-14-15-26-16-19-27-20-17-26/h3-5,7-12,25H,6,13-20H2,1-2H3/p+2. The quantitative estimate of drug-likeness (QED) is 0.606. The van der Waals surface area contributed by atoms with Crippen LogP contribution in [0.2, 0.25) is 0 Å². The first kappa shape index (κ1) is 20.8. The van der Waals surface area contributed by atoms with Crippen LogP contribution >= 0.6 is 0 Å². The van der Waals surface area contributed by atoms with Gasteiger partial charge in [-0.1, -0.05) is 56.3 Å². The van der Waals surface area contributed by atoms with Crippen LogP contribution in [0.15, 0.2) is 54.6 Å². The molecule has 1 aliphatic heterocycles. The van der Waals surface area contributed by atoms with Gasteiger partial charge in [0.1, 0.15) is 31.9 Å². The molecule has 0 amide bonds. The van der Waals surface area contributed by atoms with E-state index >= 15 is 0 Å². The highest BCUT2D eigenvalue weighted by Crippen LogP contribution is 2.32. The van der Waals surface area contributed by atoms with E-state index in [4.69, 9.17) is 9.47 Å². The van der Waals surface area contributed by atoms with Gasteiger partial charge in [0.15, 0.2) is 0 Å². The summed E-state index contributed by atoms with van der Waals surface area (Å²) in [5.41, 5.74) is 2.64. The van der Waals surface area contributed by atoms with E-state index in [2.05, 4.69) is 73.8 Å². The van der Waals surface area contributed by atoms with Gasteiger partial charge in [0.25, 0.3) is 0 Å². The van der Waals surface area contributed by atoms with Gasteiger partial charge in [0.05, 0.1) is 26.4 Å². The van der Waals surface area contributed by atoms with Crippen LogP contribution in [0.5, 0.6) is 5.75 Å². The zero-order valence-electron chi connectivity index (χ0n) is 17.5. The lowest BCUT2D eigenvalue weighted by atomic mass is 9.78. The maximum absolute atomic E-state index is 5.93. The number of hydrogen-bond donors (Lipinski definition) is 2. The van der Waals surface area contributed by atoms with Gasteiger partial charge in [-0.25, -0.2) is 0 Å². The fourth-order valence-corrected chi connectivity index (χ4v) is 3.77. The lowest BCUT2D eigenvalue weighted by molar-refractivity contribution is -0.919. The second-order valence-corrected chi connectivity index (χ2v) is 8.20. The Balaban J connectivity index is 1.34. The number of hydrogen-bond acceptors (Lipinski definition) is 2. The molecule has 4 heteroatoms. The fraction of sp³-hybridized carbons (Fsp3) is 0.500. The molecular formula is C24H36N2O2+2. The fourth-order valence-electron chi connectivity index (χ4n) is 3.77. The van der Waals surface area contributed by atoms with Crippen molar-refractivity contribution in [3.8, 4) is 5.75 Å². The van der Waals surface area contributed by atoms with Gasteiger partial charge in [0.2, 0.25) is 0 Å². The number of benzene rings is 2. The van der Waals surface area contributed by atoms with Gasteiger partial charge in [-0.15, -0.1) is 0 Å². The van der Waals surface area contributed by atoms with Crippen molar-refractivity contribution in [2.45, 2.75) is 25.7 Å². The molecule has 0 aliphatic carbocycles. The highest BCUT2D eigenvalue weighted by Gasteiger charge is 2.22. The maximum Gasteiger partial charge on any atom is 0.127 e. The first-order chi connectivity index (χ1) is 13.7. The summed E-state index contributed by atoms with van der Waals surface area (Å²) in [4.78, 5) is 1.68. The minimum Gasteiger partial charge on any atom is -0.493 e. The van der Waals surface area contributed by atoms with E-state index in [1.165, 1.54) is 24.2 Å². The Hall–Kier alpha value is -1.88. The van der Waals surface area contributed by atoms with Crippen molar-refractivity contribution in [1.82, 2.24) is 0 Å². The highest BCUT2D eigenvalue weighted by atomic mass is 16.5. The molecule has 2 aromatic carbocycles. The van der Waals surface area contributed by atoms with Crippen LogP contribution in [0.1, 0.15) is 31.4 Å². The van der Waals surface area contributed by atoms with E-state index < -0.39 is 0 Å². The van der Waals surface area contributed by atoms with Crippen molar-refractivity contribution in [3.05, 3.63) is 65.7 Å². The van der Waals surface area contributed by atoms with Gasteiger partial charge >= 0.3 is 0 Å². The molecule has 1 aliphatic rings. The maximum atomic E-state index is 5.93. The Bertz CT molecular complexity index is 680. The summed E-state index contributed by atoms with van der Waals surface area (Å²) in [6, 6.07) is 19.3. The molecule has 1 heterocycles. The first-order valence-corrected chi connectivity index (χ1v) is 10.7. The summed E-state index contributed by atoms with van der Waals surface area (Å²) in [6.07, 6.45) is 1.08. The molecule has 3 N–H and O–H groups in total. The number of nitrogens with one attached hydrogen (secondary N) is 1. The van der Waals surface area contributed by atoms with Crippen LogP contribution in [0.3, 0.4) is 0 Å². The van der Waals surface area contributed by atoms with E-state index in [1.54, 1.807) is 4.90 Å². The lowest BCUT2D eigenvalue weighted by Gasteiger charge is -2.26. The number of rotatable bonds is 10. The van der Waals surface area contributed by atoms with Crippen molar-refractivity contribution in [2.24, 2.45) is 0 Å². The molecule has 28 heavy (non-hydrogen) atoms. The molecule has 0 unspecified atom stereocenters. The minimum atomic E-state index is -0.00276. The van der Waals surface area contributed by atoms with Gasteiger partial charge in [-0.05, 0) is 23.3 Å². The molecule has 2 aromatic rings. The molecule has 1 saturated heterocycles. The predicted octanol–water partition coefficient (Wildman–Crippen LogP) is 1.26. The number of ether oxygens (including phenoxy) is 2. The van der Waals surface area contributed by atoms with Gasteiger partial charge in [-0.3, -0.25) is 0 Å². The number of quaternary nitrogens is 2. The molecule has 0 spiro atoms. The summed E-state index contributed by atoms with van der Waals surface area (Å²) < 4.78 is 11.3. The monoisotopic (exact) mass is 384 g/mol. The average Bonchev–Trinajstić information content (AvgIpc) is 2.75. The van der Waals surface area contributed by atoms with E-state index in [0.717, 1.165) is 51.6 Å². The normalized spacial score (nSPS) is 15.5. The zero-order valence-corrected chi connectivity index (χ0v) is 17.5. The van der Waals surface area contributed by atoms with Crippen LogP contribution in [-0.2, 0) is 10.2 Å². The van der Waals surface area contributed by atoms with Crippen LogP contribution in [0.25, 0.3) is 0 Å². The van der Waals surface area contributed by atoms with Crippen LogP contribution < -0.4 is 15.0 Å². The minimum absolute atomic E-state index is 0.00276. The van der Waals surface area contributed by atoms with Gasteiger partial charge in [-0.2, -0.15) is 0 Å². The number of morpholine rings is 1. The molecule has 1 fully saturated rings. The molecule has 3 rings (SSSR count). The summed E-state index contributed by atoms with van der Waals surface area (Å²) in [5, 5.41) is 2.41. The smallest absolute Gasteiger partial charge is 0.127 e. The summed E-state index contributed by atoms with van der Waals surface area (Å²) in [6.45, 7) is 13.0. The Kier molecular flexibility index (Phi) is 7.90. The highest BCUT2D eigenvalue weighted by molar-refractivity contribution is 5.39. The van der Waals surface area contributed by atoms with Crippen LogP contribution in [0.4, 0.5) is 0 Å². The summed E-state index contributed by atoms with van der Waals surface area (Å²) in [5.74, 6) is 0.963. The Labute approximate surface area is 169 Å². The van der Waals surface area contributed by atoms with Crippen LogP contribution in [0, 0.1) is 0 Å². The van der Waals surface area contributed by atoms with Crippen molar-refractivity contribution >= 4 is 0 Å². The number of nitrogens with two attached hydrogens (primary N) is 1. The zero-order chi connectivity index (χ0) is 19.7. The Morgan fingerprint density at radius 3 is 2.32 bits per heavy atom. The third-order valence-electron chi connectivity index (χ3n) is 5.79. The predicted molar refractivity (Wildman–Crippen MR) is 113 cm³/mol. The van der Waals surface area contributed by atoms with Crippen molar-refractivity contribution < 1.29 is 19.7 Å². The van der Waals surface area contributed by atoms with Crippen LogP contribution in [-0.4, -0.2) is 52.5 Å². The molecule has 0 bridgehead atoms. The largest absolute Gasteiger partial charge is 0.493 e. The molecular weight excluding hydrogens is 348 g/mol. The van der Waals surface area contributed by atoms with Gasteiger partial charge in [0, 0.05) is 11.8 Å². The Morgan fingerprint density at radius 1 is 0.929 bits per heavy atom. The van der Waals surface area contributed by atoms with Crippen molar-refractivity contribution in [1.29, 1.82) is 0 Å². The molecule has 0 saturated carbocycles. The van der Waals surface area contributed by atoms with E-state index in [1.807, 2.05) is 0 Å². The molecule has 0 radical (unpaired) electrons.